The molecular formula is C64H71BN2O. The Labute approximate surface area is 420 Å². The van der Waals surface area contributed by atoms with E-state index in [9.17, 15) is 12.3 Å². The first-order valence-electron chi connectivity index (χ1n) is 29.7. The number of benzene rings is 6. The van der Waals surface area contributed by atoms with Crippen molar-refractivity contribution in [2.24, 2.45) is 0 Å². The van der Waals surface area contributed by atoms with Crippen molar-refractivity contribution in [3.63, 3.8) is 0 Å². The van der Waals surface area contributed by atoms with Gasteiger partial charge in [-0.25, -0.2) is 0 Å². The van der Waals surface area contributed by atoms with E-state index in [1.54, 1.807) is 12.1 Å². The third kappa shape index (κ3) is 6.23. The number of anilines is 6. The molecule has 12 rings (SSSR count). The first kappa shape index (κ1) is 34.8. The minimum absolute atomic E-state index is 0.108. The number of fused-ring (bicyclic) bond motifs is 12. The molecule has 0 saturated heterocycles. The number of rotatable bonds is 2. The molecule has 0 unspecified atom stereocenters. The Morgan fingerprint density at radius 3 is 1.93 bits per heavy atom. The van der Waals surface area contributed by atoms with Gasteiger partial charge in [0.25, 0.3) is 6.71 Å². The molecule has 68 heavy (non-hydrogen) atoms. The predicted molar refractivity (Wildman–Crippen MR) is 291 cm³/mol. The third-order valence-corrected chi connectivity index (χ3v) is 17.1. The molecule has 0 amide bonds. The van der Waals surface area contributed by atoms with Gasteiger partial charge in [-0.05, 0) is 157 Å². The fraction of sp³-hybridized carbons (Fsp3) is 0.406. The number of nitrogens with zero attached hydrogens (tertiary/aromatic N) is 2. The molecule has 0 bridgehead atoms. The minimum Gasteiger partial charge on any atom is -0.468 e. The molecule has 4 heteroatoms. The Bertz CT molecular complexity index is 3560. The van der Waals surface area contributed by atoms with Crippen molar-refractivity contribution in [3.8, 4) is 11.1 Å². The molecule has 3 nitrogen and oxygen atoms in total. The number of furan rings is 1. The van der Waals surface area contributed by atoms with Crippen LogP contribution in [0.5, 0.6) is 0 Å². The molecule has 3 aliphatic carbocycles. The molecule has 5 aliphatic rings. The summed E-state index contributed by atoms with van der Waals surface area (Å²) in [6.45, 7) is 11.2. The zero-order valence-electron chi connectivity index (χ0n) is 50.7. The maximum absolute atomic E-state index is 9.27. The third-order valence-electron chi connectivity index (χ3n) is 17.1. The lowest BCUT2D eigenvalue weighted by molar-refractivity contribution is 0.332. The molecule has 6 aromatic carbocycles. The van der Waals surface area contributed by atoms with Crippen LogP contribution in [0.4, 0.5) is 34.1 Å². The molecule has 1 spiro atoms. The average Bonchev–Trinajstić information content (AvgIpc) is 4.04. The summed E-state index contributed by atoms with van der Waals surface area (Å²) in [5.41, 5.74) is 12.1. The Balaban J connectivity index is 1.29. The van der Waals surface area contributed by atoms with Gasteiger partial charge in [0, 0.05) is 51.5 Å². The van der Waals surface area contributed by atoms with E-state index in [4.69, 9.17) is 4.42 Å². The second-order valence-electron chi connectivity index (χ2n) is 24.5. The smallest absolute Gasteiger partial charge is 0.297 e. The zero-order valence-corrected chi connectivity index (χ0v) is 41.7. The predicted octanol–water partition coefficient (Wildman–Crippen LogP) is 16.0. The highest BCUT2D eigenvalue weighted by molar-refractivity contribution is 7.00. The molecule has 346 valence electrons. The normalized spacial score (nSPS) is 21.0. The fourth-order valence-electron chi connectivity index (χ4n) is 13.2. The number of hydrogen-bond acceptors (Lipinski definition) is 3. The minimum atomic E-state index is -3.53. The van der Waals surface area contributed by atoms with Crippen molar-refractivity contribution < 1.29 is 16.8 Å². The fourth-order valence-corrected chi connectivity index (χ4v) is 13.2. The highest BCUT2D eigenvalue weighted by Gasteiger charge is 2.50. The van der Waals surface area contributed by atoms with Gasteiger partial charge in [0.2, 0.25) is 0 Å². The standard InChI is InChI=1S/C64H71BN2O/c1-59(2,3)39-25-29-54-44(34-39)57-58(68-54)65-49-35-40(60(4,5)6)24-28-50(49)67(51-23-19-22-47-55(51)43-20-15-16-21-45(43)64(47)30-17-14-18-31-64)53-37-41(61(7,8)9)36-52(56(53)65)66(57)42-26-27-46-48(38-42)63(12,13)33-32-62(46,10)11/h15-16,19-29,34-38H,14,17-18,30-33H2,1-13H3/i7D3,8D3,9D3. The summed E-state index contributed by atoms with van der Waals surface area (Å²) in [4.78, 5) is 4.37. The van der Waals surface area contributed by atoms with E-state index in [0.717, 1.165) is 99.8 Å². The van der Waals surface area contributed by atoms with E-state index < -0.39 is 32.7 Å². The molecule has 2 aliphatic heterocycles. The maximum atomic E-state index is 9.27. The van der Waals surface area contributed by atoms with Crippen LogP contribution in [0.1, 0.15) is 186 Å². The summed E-state index contributed by atoms with van der Waals surface area (Å²) < 4.78 is 90.8. The van der Waals surface area contributed by atoms with Crippen LogP contribution < -0.4 is 26.4 Å². The molecule has 1 saturated carbocycles. The molecule has 0 atom stereocenters. The highest BCUT2D eigenvalue weighted by Crippen LogP contribution is 2.60. The van der Waals surface area contributed by atoms with Gasteiger partial charge in [0.15, 0.2) is 0 Å². The quantitative estimate of drug-likeness (QED) is 0.161. The zero-order chi connectivity index (χ0) is 55.2. The van der Waals surface area contributed by atoms with Gasteiger partial charge < -0.3 is 14.2 Å². The lowest BCUT2D eigenvalue weighted by Crippen LogP contribution is -2.61. The Morgan fingerprint density at radius 2 is 1.21 bits per heavy atom. The summed E-state index contributed by atoms with van der Waals surface area (Å²) in [6, 6.07) is 38.2. The lowest BCUT2D eigenvalue weighted by atomic mass is 9.35. The Kier molecular flexibility index (Phi) is 7.31. The van der Waals surface area contributed by atoms with Crippen molar-refractivity contribution in [2.45, 2.75) is 167 Å². The second-order valence-corrected chi connectivity index (χ2v) is 24.5. The van der Waals surface area contributed by atoms with Gasteiger partial charge in [0.05, 0.1) is 17.0 Å². The van der Waals surface area contributed by atoms with E-state index in [1.165, 1.54) is 28.7 Å². The van der Waals surface area contributed by atoms with Crippen LogP contribution in [-0.2, 0) is 32.5 Å². The van der Waals surface area contributed by atoms with Crippen LogP contribution >= 0.6 is 0 Å². The largest absolute Gasteiger partial charge is 0.468 e. The Hall–Kier alpha value is -5.48. The van der Waals surface area contributed by atoms with Gasteiger partial charge in [-0.3, -0.25) is 0 Å². The van der Waals surface area contributed by atoms with E-state index in [-0.39, 0.29) is 32.6 Å². The van der Waals surface area contributed by atoms with Gasteiger partial charge in [0.1, 0.15) is 5.58 Å². The van der Waals surface area contributed by atoms with Gasteiger partial charge in [-0.2, -0.15) is 0 Å². The molecule has 1 aromatic heterocycles. The Morgan fingerprint density at radius 1 is 0.544 bits per heavy atom. The van der Waals surface area contributed by atoms with Crippen LogP contribution in [0.15, 0.2) is 114 Å². The average molecular weight is 904 g/mol. The van der Waals surface area contributed by atoms with Crippen molar-refractivity contribution >= 4 is 68.4 Å². The van der Waals surface area contributed by atoms with Gasteiger partial charge in [-0.1, -0.05) is 170 Å². The topological polar surface area (TPSA) is 19.6 Å². The molecule has 1 fully saturated rings. The van der Waals surface area contributed by atoms with Gasteiger partial charge in [-0.15, -0.1) is 0 Å². The maximum Gasteiger partial charge on any atom is 0.297 e. The number of hydrogen-bond donors (Lipinski definition) is 0. The van der Waals surface area contributed by atoms with Crippen molar-refractivity contribution in [1.82, 2.24) is 0 Å². The van der Waals surface area contributed by atoms with Crippen LogP contribution in [0.25, 0.3) is 22.1 Å². The lowest BCUT2D eigenvalue weighted by Gasteiger charge is -2.45. The summed E-state index contributed by atoms with van der Waals surface area (Å²) in [7, 11) is 0. The van der Waals surface area contributed by atoms with Crippen molar-refractivity contribution in [3.05, 3.63) is 148 Å². The summed E-state index contributed by atoms with van der Waals surface area (Å²) in [6.07, 6.45) is 7.36. The summed E-state index contributed by atoms with van der Waals surface area (Å²) in [5.74, 6) is 0. The SMILES string of the molecule is [2H]C([2H])([2H])C(c1cc2c3c(c1)N(c1ccc4c(c1)C(C)(C)CCC4(C)C)c1c(oc4ccc(C(C)(C)C)cc14)B3c1cc(C(C)(C)C)ccc1N2c1cccc2c1-c1ccccc1C21CCCCC1)(C([2H])([2H])[2H])C([2H])([2H])[2H]. The van der Waals surface area contributed by atoms with Crippen molar-refractivity contribution in [1.29, 1.82) is 0 Å². The van der Waals surface area contributed by atoms with E-state index >= 15 is 0 Å². The first-order valence-corrected chi connectivity index (χ1v) is 25.2. The van der Waals surface area contributed by atoms with E-state index in [1.807, 2.05) is 0 Å². The molecule has 0 N–H and O–H groups in total. The molecule has 0 radical (unpaired) electrons. The monoisotopic (exact) mass is 904 g/mol. The molecule has 3 heterocycles. The van der Waals surface area contributed by atoms with Crippen LogP contribution in [0, 0.1) is 0 Å². The molecular weight excluding hydrogens is 824 g/mol. The van der Waals surface area contributed by atoms with Gasteiger partial charge >= 0.3 is 0 Å². The summed E-state index contributed by atoms with van der Waals surface area (Å²) in [5, 5.41) is 0.849. The van der Waals surface area contributed by atoms with Crippen LogP contribution in [0.3, 0.4) is 0 Å². The van der Waals surface area contributed by atoms with Crippen LogP contribution in [0.2, 0.25) is 0 Å². The van der Waals surface area contributed by atoms with E-state index in [0.29, 0.717) is 22.6 Å². The van der Waals surface area contributed by atoms with Crippen LogP contribution in [-0.4, -0.2) is 6.71 Å². The highest BCUT2D eigenvalue weighted by atomic mass is 16.3. The molecule has 7 aromatic rings. The summed E-state index contributed by atoms with van der Waals surface area (Å²) >= 11 is 0. The van der Waals surface area contributed by atoms with Crippen molar-refractivity contribution in [2.75, 3.05) is 9.80 Å². The first-order chi connectivity index (χ1) is 35.8. The second kappa shape index (κ2) is 14.3. The van der Waals surface area contributed by atoms with E-state index in [2.05, 4.69) is 176 Å².